The van der Waals surface area contributed by atoms with Crippen LogP contribution >= 0.6 is 0 Å². The van der Waals surface area contributed by atoms with Crippen molar-refractivity contribution < 1.29 is 21.6 Å². The minimum Gasteiger partial charge on any atom is -0.221 e. The van der Waals surface area contributed by atoms with Crippen molar-refractivity contribution in [2.24, 2.45) is 0 Å². The van der Waals surface area contributed by atoms with Crippen LogP contribution < -0.4 is 0 Å². The fourth-order valence-electron chi connectivity index (χ4n) is 0.542. The zero-order chi connectivity index (χ0) is 9.78. The number of halogens is 3. The molecule has 6 heteroatoms. The van der Waals surface area contributed by atoms with Crippen molar-refractivity contribution in [1.82, 2.24) is 0 Å². The summed E-state index contributed by atoms with van der Waals surface area (Å²) < 4.78 is 56.4. The maximum absolute atomic E-state index is 12.2. The topological polar surface area (TPSA) is 34.1 Å². The molecule has 72 valence electrons. The van der Waals surface area contributed by atoms with Crippen LogP contribution in [0.1, 0.15) is 19.8 Å². The first kappa shape index (κ1) is 11.5. The van der Waals surface area contributed by atoms with E-state index in [2.05, 4.69) is 0 Å². The maximum atomic E-state index is 12.2. The van der Waals surface area contributed by atoms with Crippen LogP contribution in [0, 0.1) is 0 Å². The van der Waals surface area contributed by atoms with Gasteiger partial charge in [0.25, 0.3) is 5.16 Å². The number of rotatable bonds is 4. The van der Waals surface area contributed by atoms with Crippen LogP contribution in [0.15, 0.2) is 11.2 Å². The summed E-state index contributed by atoms with van der Waals surface area (Å²) in [5, 5.41) is -2.30. The van der Waals surface area contributed by atoms with Gasteiger partial charge in [0, 0.05) is 0 Å². The molecular formula is C6H9F3O2S. The van der Waals surface area contributed by atoms with Gasteiger partial charge in [-0.05, 0) is 6.42 Å². The van der Waals surface area contributed by atoms with Gasteiger partial charge in [-0.1, -0.05) is 13.3 Å². The van der Waals surface area contributed by atoms with E-state index in [0.29, 0.717) is 6.42 Å². The molecule has 0 aliphatic carbocycles. The number of hydrogen-bond donors (Lipinski definition) is 0. The predicted octanol–water partition coefficient (Wildman–Crippen LogP) is 2.24. The van der Waals surface area contributed by atoms with Crippen molar-refractivity contribution in [2.75, 3.05) is 5.75 Å². The van der Waals surface area contributed by atoms with Gasteiger partial charge in [0.15, 0.2) is 0 Å². The molecule has 0 spiro atoms. The van der Waals surface area contributed by atoms with Crippen molar-refractivity contribution in [2.45, 2.75) is 19.8 Å². The molecule has 0 rings (SSSR count). The molecule has 0 heterocycles. The van der Waals surface area contributed by atoms with E-state index in [0.717, 1.165) is 0 Å². The van der Waals surface area contributed by atoms with Gasteiger partial charge in [-0.15, -0.1) is 0 Å². The average molecular weight is 202 g/mol. The van der Waals surface area contributed by atoms with Gasteiger partial charge in [-0.25, -0.2) is 8.42 Å². The summed E-state index contributed by atoms with van der Waals surface area (Å²) in [4.78, 5) is 0. The molecular weight excluding hydrogens is 193 g/mol. The van der Waals surface area contributed by atoms with E-state index < -0.39 is 26.8 Å². The van der Waals surface area contributed by atoms with Gasteiger partial charge in [0.05, 0.1) is 5.75 Å². The van der Waals surface area contributed by atoms with Crippen molar-refractivity contribution in [3.63, 3.8) is 0 Å². The van der Waals surface area contributed by atoms with Crippen LogP contribution in [-0.2, 0) is 9.84 Å². The molecule has 0 bridgehead atoms. The van der Waals surface area contributed by atoms with E-state index >= 15 is 0 Å². The second-order valence-corrected chi connectivity index (χ2v) is 4.20. The molecule has 0 aliphatic rings. The second kappa shape index (κ2) is 4.49. The van der Waals surface area contributed by atoms with Crippen LogP contribution in [-0.4, -0.2) is 14.2 Å². The third kappa shape index (κ3) is 3.25. The standard InChI is InChI=1S/C6H9F3O2S/c1-2-3-4-12(10,11)6(9)5(7)8/h2-4H2,1H3. The van der Waals surface area contributed by atoms with Crippen LogP contribution in [0.2, 0.25) is 0 Å². The Morgan fingerprint density at radius 1 is 1.25 bits per heavy atom. The van der Waals surface area contributed by atoms with Gasteiger partial charge in [0.1, 0.15) is 0 Å². The van der Waals surface area contributed by atoms with E-state index in [4.69, 9.17) is 0 Å². The first-order chi connectivity index (χ1) is 5.41. The Morgan fingerprint density at radius 2 is 1.75 bits per heavy atom. The van der Waals surface area contributed by atoms with Crippen LogP contribution in [0.25, 0.3) is 0 Å². The van der Waals surface area contributed by atoms with Gasteiger partial charge in [-0.3, -0.25) is 0 Å². The minimum atomic E-state index is -4.36. The van der Waals surface area contributed by atoms with Crippen molar-refractivity contribution in [3.8, 4) is 0 Å². The summed E-state index contributed by atoms with van der Waals surface area (Å²) in [5.74, 6) is -0.563. The SMILES string of the molecule is CCCCS(=O)(=O)C(F)=C(F)F. The Morgan fingerprint density at radius 3 is 2.08 bits per heavy atom. The van der Waals surface area contributed by atoms with Gasteiger partial charge < -0.3 is 0 Å². The molecule has 0 aromatic rings. The third-order valence-corrected chi connectivity index (χ3v) is 2.71. The summed E-state index contributed by atoms with van der Waals surface area (Å²) in [6, 6.07) is 0. The summed E-state index contributed by atoms with van der Waals surface area (Å²) >= 11 is 0. The molecule has 0 aromatic heterocycles. The molecule has 0 amide bonds. The molecule has 0 aliphatic heterocycles. The van der Waals surface area contributed by atoms with E-state index in [-0.39, 0.29) is 6.42 Å². The molecule has 12 heavy (non-hydrogen) atoms. The molecule has 0 saturated heterocycles. The quantitative estimate of drug-likeness (QED) is 0.700. The lowest BCUT2D eigenvalue weighted by atomic mass is 10.4. The van der Waals surface area contributed by atoms with E-state index in [1.54, 1.807) is 6.92 Å². The molecule has 0 atom stereocenters. The maximum Gasteiger partial charge on any atom is 0.317 e. The Balaban J connectivity index is 4.54. The summed E-state index contributed by atoms with van der Waals surface area (Å²) in [6.07, 6.45) is -2.07. The van der Waals surface area contributed by atoms with E-state index in [9.17, 15) is 21.6 Å². The third-order valence-electron chi connectivity index (χ3n) is 1.19. The lowest BCUT2D eigenvalue weighted by molar-refractivity contribution is 0.390. The Kier molecular flexibility index (Phi) is 4.30. The first-order valence-electron chi connectivity index (χ1n) is 3.35. The molecule has 2 nitrogen and oxygen atoms in total. The van der Waals surface area contributed by atoms with E-state index in [1.807, 2.05) is 0 Å². The predicted molar refractivity (Wildman–Crippen MR) is 39.0 cm³/mol. The molecule has 0 saturated carbocycles. The zero-order valence-corrected chi connectivity index (χ0v) is 7.30. The molecule has 0 fully saturated rings. The zero-order valence-electron chi connectivity index (χ0n) is 6.48. The number of unbranched alkanes of at least 4 members (excludes halogenated alkanes) is 1. The van der Waals surface area contributed by atoms with Crippen molar-refractivity contribution in [3.05, 3.63) is 11.2 Å². The Labute approximate surface area is 69.0 Å². The smallest absolute Gasteiger partial charge is 0.221 e. The highest BCUT2D eigenvalue weighted by Gasteiger charge is 2.22. The van der Waals surface area contributed by atoms with Crippen LogP contribution in [0.5, 0.6) is 0 Å². The van der Waals surface area contributed by atoms with Crippen molar-refractivity contribution >= 4 is 9.84 Å². The normalized spacial score (nSPS) is 11.3. The molecule has 0 N–H and O–H groups in total. The Bertz CT molecular complexity index is 265. The monoisotopic (exact) mass is 202 g/mol. The largest absolute Gasteiger partial charge is 0.317 e. The number of hydrogen-bond acceptors (Lipinski definition) is 2. The molecule has 0 aromatic carbocycles. The summed E-state index contributed by atoms with van der Waals surface area (Å²) in [5.41, 5.74) is 0. The number of sulfone groups is 1. The lowest BCUT2D eigenvalue weighted by Crippen LogP contribution is -2.06. The molecule has 0 unspecified atom stereocenters. The minimum absolute atomic E-state index is 0.184. The summed E-state index contributed by atoms with van der Waals surface area (Å²) in [6.45, 7) is 1.68. The van der Waals surface area contributed by atoms with Crippen molar-refractivity contribution in [1.29, 1.82) is 0 Å². The van der Waals surface area contributed by atoms with Crippen LogP contribution in [0.4, 0.5) is 13.2 Å². The highest BCUT2D eigenvalue weighted by molar-refractivity contribution is 7.95. The van der Waals surface area contributed by atoms with Crippen LogP contribution in [0.3, 0.4) is 0 Å². The first-order valence-corrected chi connectivity index (χ1v) is 5.00. The highest BCUT2D eigenvalue weighted by atomic mass is 32.2. The average Bonchev–Trinajstić information content (AvgIpc) is 1.99. The van der Waals surface area contributed by atoms with Gasteiger partial charge in [-0.2, -0.15) is 13.2 Å². The van der Waals surface area contributed by atoms with E-state index in [1.165, 1.54) is 0 Å². The summed E-state index contributed by atoms with van der Waals surface area (Å²) in [7, 11) is -4.36. The fraction of sp³-hybridized carbons (Fsp3) is 0.667. The second-order valence-electron chi connectivity index (χ2n) is 2.21. The van der Waals surface area contributed by atoms with Gasteiger partial charge >= 0.3 is 6.08 Å². The van der Waals surface area contributed by atoms with Gasteiger partial charge in [0.2, 0.25) is 9.84 Å². The Hall–Kier alpha value is -0.520. The fourth-order valence-corrected chi connectivity index (χ4v) is 1.62. The molecule has 0 radical (unpaired) electrons. The lowest BCUT2D eigenvalue weighted by Gasteiger charge is -1.97. The highest BCUT2D eigenvalue weighted by Crippen LogP contribution is 2.17.